The normalized spacial score (nSPS) is 13.5. The van der Waals surface area contributed by atoms with Gasteiger partial charge in [-0.3, -0.25) is 0 Å². The zero-order valence-electron chi connectivity index (χ0n) is 12.5. The van der Waals surface area contributed by atoms with Crippen LogP contribution in [0.15, 0.2) is 35.1 Å². The Bertz CT molecular complexity index is 1050. The molecule has 0 spiro atoms. The molecule has 0 unspecified atom stereocenters. The van der Waals surface area contributed by atoms with Crippen molar-refractivity contribution in [3.8, 4) is 17.2 Å². The van der Waals surface area contributed by atoms with Gasteiger partial charge in [0.25, 0.3) is 0 Å². The molecule has 24 heavy (non-hydrogen) atoms. The van der Waals surface area contributed by atoms with Crippen LogP contribution in [0.25, 0.3) is 27.4 Å². The number of hydrogen-bond donors (Lipinski definition) is 0. The molecule has 0 amide bonds. The number of hydrogen-bond acceptors (Lipinski definition) is 6. The number of halogens is 1. The van der Waals surface area contributed by atoms with Gasteiger partial charge in [0.1, 0.15) is 11.2 Å². The SMILES string of the molecule is Brc1ccc(-c2nnn(-c3ncnc4sc5c(c34)CCC5)n2)cc1. The second-order valence-corrected chi connectivity index (χ2v) is 7.64. The summed E-state index contributed by atoms with van der Waals surface area (Å²) in [7, 11) is 0. The maximum absolute atomic E-state index is 4.53. The van der Waals surface area contributed by atoms with Crippen LogP contribution in [-0.2, 0) is 12.8 Å². The minimum atomic E-state index is 0.584. The fourth-order valence-electron chi connectivity index (χ4n) is 3.08. The maximum atomic E-state index is 4.53. The fraction of sp³-hybridized carbons (Fsp3) is 0.188. The van der Waals surface area contributed by atoms with Gasteiger partial charge in [0.2, 0.25) is 5.82 Å². The standard InChI is InChI=1S/C16H11BrN6S/c17-10-6-4-9(5-7-10)14-20-22-23(21-14)15-13-11-2-1-3-12(11)24-16(13)19-8-18-15/h4-8H,1-3H2. The van der Waals surface area contributed by atoms with Gasteiger partial charge in [-0.25, -0.2) is 9.97 Å². The molecule has 8 heteroatoms. The van der Waals surface area contributed by atoms with Crippen molar-refractivity contribution in [1.29, 1.82) is 0 Å². The van der Waals surface area contributed by atoms with Gasteiger partial charge in [0.05, 0.1) is 5.39 Å². The molecule has 118 valence electrons. The Balaban J connectivity index is 1.65. The van der Waals surface area contributed by atoms with E-state index in [1.54, 1.807) is 17.7 Å². The minimum absolute atomic E-state index is 0.584. The van der Waals surface area contributed by atoms with Crippen molar-refractivity contribution in [3.63, 3.8) is 0 Å². The van der Waals surface area contributed by atoms with Gasteiger partial charge in [-0.2, -0.15) is 0 Å². The molecular formula is C16H11BrN6S. The number of aryl methyl sites for hydroxylation is 2. The molecule has 0 radical (unpaired) electrons. The molecule has 0 bridgehead atoms. The highest BCUT2D eigenvalue weighted by molar-refractivity contribution is 9.10. The largest absolute Gasteiger partial charge is 0.225 e. The Morgan fingerprint density at radius 2 is 1.96 bits per heavy atom. The summed E-state index contributed by atoms with van der Waals surface area (Å²) in [5, 5.41) is 14.0. The summed E-state index contributed by atoms with van der Waals surface area (Å²) in [6, 6.07) is 7.85. The highest BCUT2D eigenvalue weighted by Crippen LogP contribution is 2.38. The molecule has 4 aromatic rings. The summed E-state index contributed by atoms with van der Waals surface area (Å²) >= 11 is 5.19. The fourth-order valence-corrected chi connectivity index (χ4v) is 4.57. The minimum Gasteiger partial charge on any atom is -0.225 e. The lowest BCUT2D eigenvalue weighted by Gasteiger charge is -2.01. The van der Waals surface area contributed by atoms with Gasteiger partial charge in [-0.15, -0.1) is 26.3 Å². The first-order valence-electron chi connectivity index (χ1n) is 7.61. The van der Waals surface area contributed by atoms with Gasteiger partial charge in [0, 0.05) is 14.9 Å². The van der Waals surface area contributed by atoms with E-state index in [1.807, 2.05) is 24.3 Å². The van der Waals surface area contributed by atoms with Crippen LogP contribution in [0, 0.1) is 0 Å². The molecule has 0 saturated heterocycles. The Morgan fingerprint density at radius 1 is 1.08 bits per heavy atom. The van der Waals surface area contributed by atoms with E-state index >= 15 is 0 Å². The summed E-state index contributed by atoms with van der Waals surface area (Å²) in [5.41, 5.74) is 2.28. The molecule has 1 aromatic carbocycles. The molecule has 0 N–H and O–H groups in total. The average Bonchev–Trinajstić information content (AvgIpc) is 3.30. The third-order valence-corrected chi connectivity index (χ3v) is 5.92. The Morgan fingerprint density at radius 3 is 2.83 bits per heavy atom. The van der Waals surface area contributed by atoms with Gasteiger partial charge in [-0.1, -0.05) is 15.9 Å². The topological polar surface area (TPSA) is 69.4 Å². The zero-order chi connectivity index (χ0) is 16.1. The van der Waals surface area contributed by atoms with E-state index in [0.29, 0.717) is 5.82 Å². The third-order valence-electron chi connectivity index (χ3n) is 4.19. The second kappa shape index (κ2) is 5.42. The number of aromatic nitrogens is 6. The van der Waals surface area contributed by atoms with Gasteiger partial charge in [0.15, 0.2) is 5.82 Å². The number of rotatable bonds is 2. The number of benzene rings is 1. The monoisotopic (exact) mass is 398 g/mol. The second-order valence-electron chi connectivity index (χ2n) is 5.64. The number of fused-ring (bicyclic) bond motifs is 3. The van der Waals surface area contributed by atoms with E-state index in [0.717, 1.165) is 38.9 Å². The predicted molar refractivity (Wildman–Crippen MR) is 95.3 cm³/mol. The van der Waals surface area contributed by atoms with Crippen LogP contribution in [0.3, 0.4) is 0 Å². The van der Waals surface area contributed by atoms with Crippen LogP contribution in [-0.4, -0.2) is 30.2 Å². The van der Waals surface area contributed by atoms with E-state index in [1.165, 1.54) is 21.7 Å². The Hall–Kier alpha value is -2.19. The summed E-state index contributed by atoms with van der Waals surface area (Å²) in [6.07, 6.45) is 4.97. The summed E-state index contributed by atoms with van der Waals surface area (Å²) in [5.74, 6) is 1.30. The smallest absolute Gasteiger partial charge is 0.205 e. The molecule has 0 saturated carbocycles. The van der Waals surface area contributed by atoms with E-state index in [4.69, 9.17) is 0 Å². The third kappa shape index (κ3) is 2.17. The van der Waals surface area contributed by atoms with Crippen LogP contribution in [0.1, 0.15) is 16.9 Å². The average molecular weight is 399 g/mol. The molecular weight excluding hydrogens is 388 g/mol. The van der Waals surface area contributed by atoms with Crippen molar-refractivity contribution >= 4 is 37.5 Å². The first-order valence-corrected chi connectivity index (χ1v) is 9.22. The summed E-state index contributed by atoms with van der Waals surface area (Å²) in [6.45, 7) is 0. The van der Waals surface area contributed by atoms with Crippen molar-refractivity contribution in [2.75, 3.05) is 0 Å². The van der Waals surface area contributed by atoms with Crippen molar-refractivity contribution in [2.45, 2.75) is 19.3 Å². The van der Waals surface area contributed by atoms with Crippen LogP contribution in [0.5, 0.6) is 0 Å². The molecule has 6 nitrogen and oxygen atoms in total. The van der Waals surface area contributed by atoms with Gasteiger partial charge < -0.3 is 0 Å². The molecule has 3 aromatic heterocycles. The highest BCUT2D eigenvalue weighted by atomic mass is 79.9. The number of nitrogens with zero attached hydrogens (tertiary/aromatic N) is 6. The zero-order valence-corrected chi connectivity index (χ0v) is 14.9. The number of thiophene rings is 1. The number of tetrazole rings is 1. The predicted octanol–water partition coefficient (Wildman–Crippen LogP) is 3.59. The molecule has 0 fully saturated rings. The van der Waals surface area contributed by atoms with Gasteiger partial charge >= 0.3 is 0 Å². The maximum Gasteiger partial charge on any atom is 0.205 e. The van der Waals surface area contributed by atoms with Crippen molar-refractivity contribution in [1.82, 2.24) is 30.2 Å². The van der Waals surface area contributed by atoms with E-state index in [2.05, 4.69) is 41.3 Å². The van der Waals surface area contributed by atoms with Crippen LogP contribution in [0.4, 0.5) is 0 Å². The first kappa shape index (κ1) is 14.2. The summed E-state index contributed by atoms with van der Waals surface area (Å²) < 4.78 is 1.02. The van der Waals surface area contributed by atoms with Crippen LogP contribution in [0.2, 0.25) is 0 Å². The Kier molecular flexibility index (Phi) is 3.20. The van der Waals surface area contributed by atoms with E-state index in [-0.39, 0.29) is 0 Å². The Labute approximate surface area is 149 Å². The lowest BCUT2D eigenvalue weighted by Crippen LogP contribution is -2.03. The molecule has 5 rings (SSSR count). The highest BCUT2D eigenvalue weighted by Gasteiger charge is 2.23. The molecule has 0 aliphatic heterocycles. The quantitative estimate of drug-likeness (QED) is 0.515. The molecule has 1 aliphatic rings. The van der Waals surface area contributed by atoms with E-state index in [9.17, 15) is 0 Å². The molecule has 1 aliphatic carbocycles. The van der Waals surface area contributed by atoms with Crippen molar-refractivity contribution in [2.24, 2.45) is 0 Å². The summed E-state index contributed by atoms with van der Waals surface area (Å²) in [4.78, 5) is 12.8. The van der Waals surface area contributed by atoms with Crippen LogP contribution >= 0.6 is 27.3 Å². The van der Waals surface area contributed by atoms with Crippen LogP contribution < -0.4 is 0 Å². The lowest BCUT2D eigenvalue weighted by atomic mass is 10.2. The van der Waals surface area contributed by atoms with E-state index < -0.39 is 0 Å². The van der Waals surface area contributed by atoms with Crippen molar-refractivity contribution in [3.05, 3.63) is 45.5 Å². The molecule has 3 heterocycles. The lowest BCUT2D eigenvalue weighted by molar-refractivity contribution is 0.704. The molecule has 0 atom stereocenters. The van der Waals surface area contributed by atoms with Gasteiger partial charge in [-0.05, 0) is 54.3 Å². The van der Waals surface area contributed by atoms with Crippen molar-refractivity contribution < 1.29 is 0 Å². The first-order chi connectivity index (χ1) is 11.8.